The monoisotopic (exact) mass is 220 g/mol. The molecule has 0 aliphatic rings. The normalized spacial score (nSPS) is 9.53. The molecule has 0 bridgehead atoms. The SMILES string of the molecule is CCCCC(Cl)=C=Cc1ccc(C)cc1. The van der Waals surface area contributed by atoms with Crippen molar-refractivity contribution in [2.24, 2.45) is 0 Å². The van der Waals surface area contributed by atoms with E-state index in [1.807, 2.05) is 6.08 Å². The fourth-order valence-electron chi connectivity index (χ4n) is 1.23. The van der Waals surface area contributed by atoms with Crippen molar-refractivity contribution in [2.45, 2.75) is 33.1 Å². The third kappa shape index (κ3) is 4.88. The van der Waals surface area contributed by atoms with Crippen molar-refractivity contribution < 1.29 is 0 Å². The van der Waals surface area contributed by atoms with Crippen LogP contribution in [0.4, 0.5) is 0 Å². The Labute approximate surface area is 97.3 Å². The number of hydrogen-bond donors (Lipinski definition) is 0. The second-order valence-corrected chi connectivity index (χ2v) is 4.16. The quantitative estimate of drug-likeness (QED) is 0.632. The summed E-state index contributed by atoms with van der Waals surface area (Å²) in [5.74, 6) is 0. The minimum absolute atomic E-state index is 0.817. The first kappa shape index (κ1) is 12.1. The highest BCUT2D eigenvalue weighted by molar-refractivity contribution is 6.29. The van der Waals surface area contributed by atoms with Crippen LogP contribution in [0.15, 0.2) is 35.0 Å². The van der Waals surface area contributed by atoms with Crippen molar-refractivity contribution in [1.82, 2.24) is 0 Å². The first-order valence-corrected chi connectivity index (χ1v) is 5.78. The third-order valence-electron chi connectivity index (χ3n) is 2.22. The van der Waals surface area contributed by atoms with Crippen LogP contribution < -0.4 is 0 Å². The molecule has 0 radical (unpaired) electrons. The minimum Gasteiger partial charge on any atom is -0.104 e. The van der Waals surface area contributed by atoms with E-state index in [1.54, 1.807) is 0 Å². The molecule has 1 rings (SSSR count). The van der Waals surface area contributed by atoms with Gasteiger partial charge >= 0.3 is 0 Å². The van der Waals surface area contributed by atoms with Gasteiger partial charge in [-0.1, -0.05) is 54.8 Å². The van der Waals surface area contributed by atoms with Gasteiger partial charge in [0.1, 0.15) is 0 Å². The van der Waals surface area contributed by atoms with E-state index in [9.17, 15) is 0 Å². The van der Waals surface area contributed by atoms with Crippen molar-refractivity contribution in [3.8, 4) is 0 Å². The highest BCUT2D eigenvalue weighted by Crippen LogP contribution is 2.11. The van der Waals surface area contributed by atoms with Crippen LogP contribution in [0, 0.1) is 6.92 Å². The lowest BCUT2D eigenvalue weighted by molar-refractivity contribution is 0.808. The maximum Gasteiger partial charge on any atom is 0.0597 e. The maximum absolute atomic E-state index is 6.02. The summed E-state index contributed by atoms with van der Waals surface area (Å²) in [4.78, 5) is 0. The van der Waals surface area contributed by atoms with Gasteiger partial charge in [0, 0.05) is 0 Å². The fourth-order valence-corrected chi connectivity index (χ4v) is 1.42. The van der Waals surface area contributed by atoms with Gasteiger partial charge in [0.05, 0.1) is 5.03 Å². The molecule has 1 aromatic carbocycles. The average molecular weight is 221 g/mol. The molecule has 0 fully saturated rings. The Morgan fingerprint density at radius 1 is 1.33 bits per heavy atom. The summed E-state index contributed by atoms with van der Waals surface area (Å²) in [7, 11) is 0. The number of aryl methyl sites for hydroxylation is 1. The lowest BCUT2D eigenvalue weighted by Gasteiger charge is -1.94. The fraction of sp³-hybridized carbons (Fsp3) is 0.357. The molecule has 0 atom stereocenters. The molecule has 0 unspecified atom stereocenters. The van der Waals surface area contributed by atoms with E-state index in [2.05, 4.69) is 43.8 Å². The Morgan fingerprint density at radius 3 is 2.60 bits per heavy atom. The molecular weight excluding hydrogens is 204 g/mol. The Hall–Kier alpha value is -0.970. The van der Waals surface area contributed by atoms with Gasteiger partial charge in [-0.2, -0.15) is 0 Å². The van der Waals surface area contributed by atoms with Crippen molar-refractivity contribution in [3.05, 3.63) is 46.2 Å². The molecule has 0 aromatic heterocycles. The third-order valence-corrected chi connectivity index (χ3v) is 2.52. The van der Waals surface area contributed by atoms with Crippen LogP contribution in [-0.2, 0) is 0 Å². The Kier molecular flexibility index (Phi) is 5.25. The Balaban J connectivity index is 2.67. The molecule has 1 heteroatoms. The van der Waals surface area contributed by atoms with Crippen LogP contribution in [0.25, 0.3) is 6.08 Å². The number of rotatable bonds is 4. The standard InChI is InChI=1S/C14H17Cl/c1-3-4-5-14(15)11-10-13-8-6-12(2)7-9-13/h6-10H,3-5H2,1-2H3. The van der Waals surface area contributed by atoms with Gasteiger partial charge in [-0.15, -0.1) is 5.73 Å². The van der Waals surface area contributed by atoms with Crippen LogP contribution in [-0.4, -0.2) is 0 Å². The summed E-state index contributed by atoms with van der Waals surface area (Å²) in [5, 5.41) is 0.817. The molecule has 0 heterocycles. The second kappa shape index (κ2) is 6.50. The molecule has 80 valence electrons. The Bertz CT molecular complexity index is 353. The molecule has 0 N–H and O–H groups in total. The van der Waals surface area contributed by atoms with E-state index < -0.39 is 0 Å². The van der Waals surface area contributed by atoms with Gasteiger partial charge in [0.25, 0.3) is 0 Å². The van der Waals surface area contributed by atoms with E-state index in [0.717, 1.165) is 23.4 Å². The number of allylic oxidation sites excluding steroid dienone is 1. The number of hydrogen-bond acceptors (Lipinski definition) is 0. The highest BCUT2D eigenvalue weighted by Gasteiger charge is 1.89. The molecule has 0 nitrogen and oxygen atoms in total. The van der Waals surface area contributed by atoms with Crippen LogP contribution >= 0.6 is 11.6 Å². The average Bonchev–Trinajstić information content (AvgIpc) is 2.25. The van der Waals surface area contributed by atoms with Gasteiger partial charge in [0.2, 0.25) is 0 Å². The van der Waals surface area contributed by atoms with Crippen LogP contribution in [0.3, 0.4) is 0 Å². The van der Waals surface area contributed by atoms with Gasteiger partial charge in [-0.25, -0.2) is 0 Å². The lowest BCUT2D eigenvalue weighted by Crippen LogP contribution is -1.74. The number of halogens is 1. The summed E-state index contributed by atoms with van der Waals surface area (Å²) in [6, 6.07) is 8.33. The van der Waals surface area contributed by atoms with Crippen molar-refractivity contribution in [3.63, 3.8) is 0 Å². The first-order valence-electron chi connectivity index (χ1n) is 5.40. The second-order valence-electron chi connectivity index (χ2n) is 3.71. The molecule has 0 aliphatic heterocycles. The summed E-state index contributed by atoms with van der Waals surface area (Å²) in [5.41, 5.74) is 5.53. The van der Waals surface area contributed by atoms with Crippen molar-refractivity contribution in [1.29, 1.82) is 0 Å². The van der Waals surface area contributed by atoms with E-state index in [1.165, 1.54) is 12.0 Å². The molecule has 1 aromatic rings. The van der Waals surface area contributed by atoms with E-state index >= 15 is 0 Å². The molecule has 0 saturated heterocycles. The topological polar surface area (TPSA) is 0 Å². The molecule has 0 saturated carbocycles. The zero-order valence-corrected chi connectivity index (χ0v) is 10.1. The maximum atomic E-state index is 6.02. The van der Waals surface area contributed by atoms with Gasteiger partial charge in [-0.3, -0.25) is 0 Å². The van der Waals surface area contributed by atoms with Gasteiger partial charge in [-0.05, 0) is 31.4 Å². The predicted octanol–water partition coefficient (Wildman–Crippen LogP) is 4.92. The summed E-state index contributed by atoms with van der Waals surface area (Å²) in [6.45, 7) is 4.24. The van der Waals surface area contributed by atoms with E-state index in [4.69, 9.17) is 11.6 Å². The van der Waals surface area contributed by atoms with E-state index in [0.29, 0.717) is 0 Å². The largest absolute Gasteiger partial charge is 0.104 e. The number of unbranched alkanes of at least 4 members (excludes halogenated alkanes) is 1. The van der Waals surface area contributed by atoms with Crippen LogP contribution in [0.2, 0.25) is 0 Å². The van der Waals surface area contributed by atoms with Crippen molar-refractivity contribution >= 4 is 17.7 Å². The summed E-state index contributed by atoms with van der Waals surface area (Å²) in [6.07, 6.45) is 5.17. The lowest BCUT2D eigenvalue weighted by atomic mass is 10.1. The predicted molar refractivity (Wildman–Crippen MR) is 68.0 cm³/mol. The zero-order chi connectivity index (χ0) is 11.1. The molecule has 0 amide bonds. The van der Waals surface area contributed by atoms with Gasteiger partial charge in [0.15, 0.2) is 0 Å². The minimum atomic E-state index is 0.817. The summed E-state index contributed by atoms with van der Waals surface area (Å²) < 4.78 is 0. The molecule has 0 aliphatic carbocycles. The zero-order valence-electron chi connectivity index (χ0n) is 9.39. The highest BCUT2D eigenvalue weighted by atomic mass is 35.5. The Morgan fingerprint density at radius 2 is 2.00 bits per heavy atom. The van der Waals surface area contributed by atoms with Gasteiger partial charge < -0.3 is 0 Å². The summed E-state index contributed by atoms with van der Waals surface area (Å²) >= 11 is 6.02. The van der Waals surface area contributed by atoms with E-state index in [-0.39, 0.29) is 0 Å². The molecular formula is C14H17Cl. The van der Waals surface area contributed by atoms with Crippen LogP contribution in [0.1, 0.15) is 37.3 Å². The van der Waals surface area contributed by atoms with Crippen molar-refractivity contribution in [2.75, 3.05) is 0 Å². The smallest absolute Gasteiger partial charge is 0.0597 e. The molecule has 0 spiro atoms. The first-order chi connectivity index (χ1) is 7.22. The number of benzene rings is 1. The van der Waals surface area contributed by atoms with Crippen LogP contribution in [0.5, 0.6) is 0 Å². The molecule has 15 heavy (non-hydrogen) atoms.